The highest BCUT2D eigenvalue weighted by Crippen LogP contribution is 2.24. The molecule has 1 amide bonds. The summed E-state index contributed by atoms with van der Waals surface area (Å²) < 4.78 is 80.5. The Bertz CT molecular complexity index is 1160. The summed E-state index contributed by atoms with van der Waals surface area (Å²) in [7, 11) is -4.37. The average molecular weight is 443 g/mol. The fourth-order valence-corrected chi connectivity index (χ4v) is 3.36. The summed E-state index contributed by atoms with van der Waals surface area (Å²) in [4.78, 5) is 11.8. The van der Waals surface area contributed by atoms with Gasteiger partial charge in [-0.2, -0.15) is 13.2 Å². The number of halogens is 4. The van der Waals surface area contributed by atoms with Crippen molar-refractivity contribution in [1.29, 1.82) is 0 Å². The fourth-order valence-electron chi connectivity index (χ4n) is 2.34. The number of anilines is 1. The van der Waals surface area contributed by atoms with E-state index in [1.165, 1.54) is 41.1 Å². The van der Waals surface area contributed by atoms with Gasteiger partial charge in [0.25, 0.3) is 5.91 Å². The molecule has 0 radical (unpaired) electrons. The van der Waals surface area contributed by atoms with E-state index in [9.17, 15) is 30.8 Å². The van der Waals surface area contributed by atoms with Crippen LogP contribution in [0.5, 0.6) is 0 Å². The van der Waals surface area contributed by atoms with Crippen molar-refractivity contribution in [2.24, 2.45) is 0 Å². The molecule has 0 aliphatic carbocycles. The van der Waals surface area contributed by atoms with Gasteiger partial charge in [0.2, 0.25) is 10.0 Å². The summed E-state index contributed by atoms with van der Waals surface area (Å²) in [5, 5.41) is 5.99. The highest BCUT2D eigenvalue weighted by Gasteiger charge is 2.30. The number of hydrogen-bond acceptors (Lipinski definition) is 5. The summed E-state index contributed by atoms with van der Waals surface area (Å²) in [6.45, 7) is -1.70. The van der Waals surface area contributed by atoms with Crippen molar-refractivity contribution in [1.82, 2.24) is 9.88 Å². The first kappa shape index (κ1) is 21.5. The van der Waals surface area contributed by atoms with Crippen LogP contribution in [0.1, 0.15) is 10.5 Å². The third-order valence-electron chi connectivity index (χ3n) is 3.77. The van der Waals surface area contributed by atoms with Gasteiger partial charge in [-0.1, -0.05) is 17.3 Å². The van der Waals surface area contributed by atoms with Gasteiger partial charge in [-0.15, -0.1) is 0 Å². The molecule has 0 aliphatic heterocycles. The van der Waals surface area contributed by atoms with Crippen LogP contribution in [0.3, 0.4) is 0 Å². The molecule has 0 bridgehead atoms. The van der Waals surface area contributed by atoms with E-state index in [0.29, 0.717) is 0 Å². The minimum atomic E-state index is -4.69. The van der Waals surface area contributed by atoms with E-state index in [0.717, 1.165) is 12.1 Å². The molecule has 7 nitrogen and oxygen atoms in total. The van der Waals surface area contributed by atoms with Gasteiger partial charge in [-0.3, -0.25) is 4.79 Å². The molecule has 0 atom stereocenters. The minimum Gasteiger partial charge on any atom is -0.355 e. The first-order chi connectivity index (χ1) is 14.0. The normalized spacial score (nSPS) is 12.0. The number of benzene rings is 2. The molecule has 0 aliphatic rings. The van der Waals surface area contributed by atoms with E-state index in [4.69, 9.17) is 4.52 Å². The molecule has 3 rings (SSSR count). The second-order valence-corrected chi connectivity index (χ2v) is 7.74. The lowest BCUT2D eigenvalue weighted by molar-refractivity contribution is -0.121. The van der Waals surface area contributed by atoms with Crippen LogP contribution in [0, 0.1) is 5.82 Å². The van der Waals surface area contributed by atoms with Crippen molar-refractivity contribution in [2.45, 2.75) is 11.1 Å². The minimum absolute atomic E-state index is 0.0374. The van der Waals surface area contributed by atoms with Gasteiger partial charge in [0.15, 0.2) is 11.5 Å². The molecule has 2 aromatic carbocycles. The number of carbonyl (C=O) groups is 1. The predicted octanol–water partition coefficient (Wildman–Crippen LogP) is 3.57. The number of aromatic nitrogens is 1. The molecule has 0 saturated heterocycles. The molecule has 30 heavy (non-hydrogen) atoms. The van der Waals surface area contributed by atoms with Crippen LogP contribution < -0.4 is 10.0 Å². The maximum absolute atomic E-state index is 13.8. The predicted molar refractivity (Wildman–Crippen MR) is 97.5 cm³/mol. The zero-order valence-corrected chi connectivity index (χ0v) is 15.7. The van der Waals surface area contributed by atoms with Crippen molar-refractivity contribution in [2.75, 3.05) is 11.9 Å². The van der Waals surface area contributed by atoms with E-state index in [-0.39, 0.29) is 22.7 Å². The van der Waals surface area contributed by atoms with Gasteiger partial charge < -0.3 is 9.84 Å². The lowest BCUT2D eigenvalue weighted by Crippen LogP contribution is -2.33. The number of sulfonamides is 1. The van der Waals surface area contributed by atoms with Crippen LogP contribution in [0.4, 0.5) is 23.2 Å². The molecular formula is C18H13F4N3O4S. The summed E-state index contributed by atoms with van der Waals surface area (Å²) in [5.41, 5.74) is 0.118. The van der Waals surface area contributed by atoms with Crippen molar-refractivity contribution < 1.29 is 35.3 Å². The summed E-state index contributed by atoms with van der Waals surface area (Å²) in [5.74, 6) is -1.24. The number of nitrogens with one attached hydrogen (secondary N) is 2. The Morgan fingerprint density at radius 1 is 1.07 bits per heavy atom. The molecule has 2 N–H and O–H groups in total. The van der Waals surface area contributed by atoms with E-state index >= 15 is 0 Å². The van der Waals surface area contributed by atoms with Crippen molar-refractivity contribution in [3.63, 3.8) is 0 Å². The quantitative estimate of drug-likeness (QED) is 0.568. The van der Waals surface area contributed by atoms with Gasteiger partial charge in [0.1, 0.15) is 12.4 Å². The second kappa shape index (κ2) is 8.24. The maximum atomic E-state index is 13.8. The van der Waals surface area contributed by atoms with Gasteiger partial charge in [0.05, 0.1) is 10.5 Å². The number of amides is 1. The van der Waals surface area contributed by atoms with Gasteiger partial charge >= 0.3 is 6.18 Å². The number of hydrogen-bond donors (Lipinski definition) is 2. The van der Waals surface area contributed by atoms with Crippen molar-refractivity contribution in [3.05, 3.63) is 66.1 Å². The van der Waals surface area contributed by atoms with Gasteiger partial charge in [-0.05, 0) is 36.4 Å². The Kier molecular flexibility index (Phi) is 5.89. The Morgan fingerprint density at radius 2 is 1.73 bits per heavy atom. The standard InChI is InChI=1S/C18H13F4N3O4S/c19-14-4-2-1-3-13(14)16-9-15(25-29-16)17(26)24-11-5-7-12(8-6-11)30(27,28)23-10-18(20,21)22/h1-9,23H,10H2,(H,24,26). The first-order valence-corrected chi connectivity index (χ1v) is 9.73. The lowest BCUT2D eigenvalue weighted by Gasteiger charge is -2.10. The Balaban J connectivity index is 1.69. The molecule has 0 spiro atoms. The molecule has 3 aromatic rings. The largest absolute Gasteiger partial charge is 0.402 e. The zero-order chi connectivity index (χ0) is 21.9. The van der Waals surface area contributed by atoms with Crippen LogP contribution in [-0.2, 0) is 10.0 Å². The van der Waals surface area contributed by atoms with Crippen LogP contribution in [0.25, 0.3) is 11.3 Å². The SMILES string of the molecule is O=C(Nc1ccc(S(=O)(=O)NCC(F)(F)F)cc1)c1cc(-c2ccccc2F)on1. The number of nitrogens with zero attached hydrogens (tertiary/aromatic N) is 1. The molecule has 158 valence electrons. The third-order valence-corrected chi connectivity index (χ3v) is 5.18. The molecule has 12 heteroatoms. The van der Waals surface area contributed by atoms with E-state index in [1.54, 1.807) is 6.07 Å². The zero-order valence-electron chi connectivity index (χ0n) is 14.9. The number of rotatable bonds is 6. The van der Waals surface area contributed by atoms with E-state index < -0.39 is 39.4 Å². The Morgan fingerprint density at radius 3 is 2.37 bits per heavy atom. The highest BCUT2D eigenvalue weighted by molar-refractivity contribution is 7.89. The average Bonchev–Trinajstić information content (AvgIpc) is 3.17. The Labute approximate surface area is 167 Å². The topological polar surface area (TPSA) is 101 Å². The molecule has 0 saturated carbocycles. The monoisotopic (exact) mass is 443 g/mol. The summed E-state index contributed by atoms with van der Waals surface area (Å²) in [6.07, 6.45) is -4.69. The van der Waals surface area contributed by atoms with E-state index in [2.05, 4.69) is 10.5 Å². The van der Waals surface area contributed by atoms with Crippen LogP contribution in [0.2, 0.25) is 0 Å². The van der Waals surface area contributed by atoms with Gasteiger partial charge in [-0.25, -0.2) is 17.5 Å². The lowest BCUT2D eigenvalue weighted by atomic mass is 10.1. The molecular weight excluding hydrogens is 430 g/mol. The van der Waals surface area contributed by atoms with Crippen molar-refractivity contribution >= 4 is 21.6 Å². The summed E-state index contributed by atoms with van der Waals surface area (Å²) >= 11 is 0. The molecule has 0 unspecified atom stereocenters. The molecule has 1 aromatic heterocycles. The molecule has 1 heterocycles. The first-order valence-electron chi connectivity index (χ1n) is 8.25. The van der Waals surface area contributed by atoms with Crippen molar-refractivity contribution in [3.8, 4) is 11.3 Å². The highest BCUT2D eigenvalue weighted by atomic mass is 32.2. The summed E-state index contributed by atoms with van der Waals surface area (Å²) in [6, 6.07) is 11.4. The van der Waals surface area contributed by atoms with Crippen LogP contribution in [-0.4, -0.2) is 32.2 Å². The van der Waals surface area contributed by atoms with Crippen LogP contribution in [0.15, 0.2) is 64.0 Å². The third kappa shape index (κ3) is 5.21. The van der Waals surface area contributed by atoms with Crippen LogP contribution >= 0.6 is 0 Å². The van der Waals surface area contributed by atoms with E-state index in [1.807, 2.05) is 0 Å². The fraction of sp³-hybridized carbons (Fsp3) is 0.111. The Hall–Kier alpha value is -3.25. The maximum Gasteiger partial charge on any atom is 0.402 e. The molecule has 0 fully saturated rings. The smallest absolute Gasteiger partial charge is 0.355 e. The number of alkyl halides is 3. The number of carbonyl (C=O) groups excluding carboxylic acids is 1. The second-order valence-electron chi connectivity index (χ2n) is 5.97. The van der Waals surface area contributed by atoms with Gasteiger partial charge in [0, 0.05) is 11.8 Å².